The van der Waals surface area contributed by atoms with Gasteiger partial charge in [0.05, 0.1) is 10.0 Å². The number of carbonyl (C=O) groups excluding carboxylic acids is 1. The predicted molar refractivity (Wildman–Crippen MR) is 84.1 cm³/mol. The molecule has 5 nitrogen and oxygen atoms in total. The fourth-order valence-corrected chi connectivity index (χ4v) is 1.93. The minimum absolute atomic E-state index is 0.271. The van der Waals surface area contributed by atoms with E-state index in [1.807, 2.05) is 6.92 Å². The van der Waals surface area contributed by atoms with Crippen molar-refractivity contribution in [2.75, 3.05) is 6.54 Å². The number of hydrazine groups is 1. The van der Waals surface area contributed by atoms with E-state index in [1.165, 1.54) is 0 Å². The molecule has 0 saturated carbocycles. The maximum atomic E-state index is 11.8. The van der Waals surface area contributed by atoms with Crippen molar-refractivity contribution in [2.24, 2.45) is 0 Å². The van der Waals surface area contributed by atoms with Crippen LogP contribution in [0.4, 0.5) is 0 Å². The molecule has 110 valence electrons. The summed E-state index contributed by atoms with van der Waals surface area (Å²) in [6.45, 7) is 4.12. The van der Waals surface area contributed by atoms with Crippen molar-refractivity contribution in [3.8, 4) is 5.75 Å². The molecule has 1 amide bonds. The third-order valence-electron chi connectivity index (χ3n) is 2.22. The van der Waals surface area contributed by atoms with Crippen molar-refractivity contribution in [2.45, 2.75) is 20.0 Å². The summed E-state index contributed by atoms with van der Waals surface area (Å²) in [6.07, 6.45) is -0.788. The number of thiocarbonyl (C=S) groups is 1. The number of hydrogen-bond donors (Lipinski definition) is 3. The molecule has 8 heteroatoms. The molecule has 1 aromatic carbocycles. The van der Waals surface area contributed by atoms with E-state index in [4.69, 9.17) is 40.2 Å². The third kappa shape index (κ3) is 5.03. The lowest BCUT2D eigenvalue weighted by atomic mass is 10.3. The van der Waals surface area contributed by atoms with Crippen LogP contribution in [0.15, 0.2) is 18.2 Å². The Bertz CT molecular complexity index is 479. The Kier molecular flexibility index (Phi) is 6.84. The minimum atomic E-state index is -0.788. The third-order valence-corrected chi connectivity index (χ3v) is 3.06. The molecule has 0 aromatic heterocycles. The Morgan fingerprint density at radius 1 is 1.35 bits per heavy atom. The van der Waals surface area contributed by atoms with Crippen LogP contribution < -0.4 is 20.9 Å². The van der Waals surface area contributed by atoms with Gasteiger partial charge in [0.1, 0.15) is 0 Å². The van der Waals surface area contributed by atoms with Gasteiger partial charge in [-0.05, 0) is 38.2 Å². The molecule has 1 rings (SSSR count). The summed E-state index contributed by atoms with van der Waals surface area (Å²) >= 11 is 16.8. The molecule has 0 fully saturated rings. The number of ether oxygens (including phenoxy) is 1. The van der Waals surface area contributed by atoms with Gasteiger partial charge in [-0.2, -0.15) is 0 Å². The van der Waals surface area contributed by atoms with E-state index in [-0.39, 0.29) is 5.75 Å². The number of carbonyl (C=O) groups is 1. The number of para-hydroxylation sites is 1. The van der Waals surface area contributed by atoms with E-state index in [0.29, 0.717) is 21.7 Å². The van der Waals surface area contributed by atoms with Crippen LogP contribution >= 0.6 is 35.4 Å². The SMILES string of the molecule is CCNC(=S)NNC(=O)C(C)Oc1c(Cl)cccc1Cl. The standard InChI is InChI=1S/C12H15Cl2N3O2S/c1-3-15-12(20)17-16-11(18)7(2)19-10-8(13)5-4-6-9(10)14/h4-7H,3H2,1-2H3,(H,16,18)(H2,15,17,20). The summed E-state index contributed by atoms with van der Waals surface area (Å²) in [5, 5.41) is 3.84. The van der Waals surface area contributed by atoms with Gasteiger partial charge >= 0.3 is 0 Å². The summed E-state index contributed by atoms with van der Waals surface area (Å²) in [5.74, 6) is -0.131. The zero-order valence-corrected chi connectivity index (χ0v) is 13.3. The van der Waals surface area contributed by atoms with Crippen molar-refractivity contribution in [1.82, 2.24) is 16.2 Å². The van der Waals surface area contributed by atoms with Gasteiger partial charge in [-0.15, -0.1) is 0 Å². The minimum Gasteiger partial charge on any atom is -0.478 e. The van der Waals surface area contributed by atoms with Gasteiger partial charge in [-0.25, -0.2) is 0 Å². The van der Waals surface area contributed by atoms with Crippen LogP contribution in [0.3, 0.4) is 0 Å². The quantitative estimate of drug-likeness (QED) is 0.582. The molecule has 0 spiro atoms. The van der Waals surface area contributed by atoms with E-state index >= 15 is 0 Å². The highest BCUT2D eigenvalue weighted by Crippen LogP contribution is 2.32. The van der Waals surface area contributed by atoms with Crippen molar-refractivity contribution in [3.05, 3.63) is 28.2 Å². The maximum absolute atomic E-state index is 11.8. The highest BCUT2D eigenvalue weighted by Gasteiger charge is 2.17. The van der Waals surface area contributed by atoms with Crippen molar-refractivity contribution < 1.29 is 9.53 Å². The summed E-state index contributed by atoms with van der Waals surface area (Å²) in [7, 11) is 0. The first-order chi connectivity index (χ1) is 9.45. The van der Waals surface area contributed by atoms with Crippen LogP contribution in [0.1, 0.15) is 13.8 Å². The number of halogens is 2. The first-order valence-electron chi connectivity index (χ1n) is 5.90. The second-order valence-corrected chi connectivity index (χ2v) is 5.01. The largest absolute Gasteiger partial charge is 0.478 e. The molecule has 1 atom stereocenters. The van der Waals surface area contributed by atoms with E-state index < -0.39 is 12.0 Å². The highest BCUT2D eigenvalue weighted by atomic mass is 35.5. The fraction of sp³-hybridized carbons (Fsp3) is 0.333. The summed E-state index contributed by atoms with van der Waals surface area (Å²) < 4.78 is 5.45. The van der Waals surface area contributed by atoms with Crippen LogP contribution in [-0.2, 0) is 4.79 Å². The number of hydrogen-bond acceptors (Lipinski definition) is 3. The molecule has 3 N–H and O–H groups in total. The first kappa shape index (κ1) is 16.8. The molecule has 0 aliphatic carbocycles. The summed E-state index contributed by atoms with van der Waals surface area (Å²) in [5.41, 5.74) is 4.98. The molecular formula is C12H15Cl2N3O2S. The first-order valence-corrected chi connectivity index (χ1v) is 7.06. The smallest absolute Gasteiger partial charge is 0.279 e. The van der Waals surface area contributed by atoms with Crippen LogP contribution in [0.25, 0.3) is 0 Å². The number of nitrogens with one attached hydrogen (secondary N) is 3. The number of rotatable bonds is 4. The van der Waals surface area contributed by atoms with Crippen LogP contribution in [0.2, 0.25) is 10.0 Å². The number of amides is 1. The van der Waals surface area contributed by atoms with Gasteiger partial charge in [0.15, 0.2) is 17.0 Å². The highest BCUT2D eigenvalue weighted by molar-refractivity contribution is 7.80. The molecule has 0 saturated heterocycles. The van der Waals surface area contributed by atoms with Gasteiger partial charge < -0.3 is 10.1 Å². The monoisotopic (exact) mass is 335 g/mol. The normalized spacial score (nSPS) is 11.4. The second-order valence-electron chi connectivity index (χ2n) is 3.78. The molecule has 20 heavy (non-hydrogen) atoms. The Labute approximate surface area is 132 Å². The van der Waals surface area contributed by atoms with Gasteiger partial charge in [-0.3, -0.25) is 15.6 Å². The zero-order valence-electron chi connectivity index (χ0n) is 11.0. The second kappa shape index (κ2) is 8.14. The molecule has 1 aromatic rings. The van der Waals surface area contributed by atoms with Crippen LogP contribution in [-0.4, -0.2) is 23.7 Å². The van der Waals surface area contributed by atoms with Crippen molar-refractivity contribution in [1.29, 1.82) is 0 Å². The number of benzene rings is 1. The average molecular weight is 336 g/mol. The van der Waals surface area contributed by atoms with Gasteiger partial charge in [0.25, 0.3) is 5.91 Å². The van der Waals surface area contributed by atoms with Crippen molar-refractivity contribution in [3.63, 3.8) is 0 Å². The molecule has 0 bridgehead atoms. The molecule has 0 aliphatic heterocycles. The average Bonchev–Trinajstić information content (AvgIpc) is 2.40. The van der Waals surface area contributed by atoms with Gasteiger partial charge in [0.2, 0.25) is 0 Å². The molecular weight excluding hydrogens is 321 g/mol. The lowest BCUT2D eigenvalue weighted by Crippen LogP contribution is -2.50. The Hall–Kier alpha value is -1.24. The van der Waals surface area contributed by atoms with Crippen LogP contribution in [0.5, 0.6) is 5.75 Å². The zero-order chi connectivity index (χ0) is 15.1. The molecule has 0 heterocycles. The summed E-state index contributed by atoms with van der Waals surface area (Å²) in [4.78, 5) is 11.8. The van der Waals surface area contributed by atoms with E-state index in [9.17, 15) is 4.79 Å². The van der Waals surface area contributed by atoms with E-state index in [2.05, 4.69) is 16.2 Å². The lowest BCUT2D eigenvalue weighted by Gasteiger charge is -2.17. The van der Waals surface area contributed by atoms with E-state index in [0.717, 1.165) is 0 Å². The van der Waals surface area contributed by atoms with Crippen LogP contribution in [0, 0.1) is 0 Å². The predicted octanol–water partition coefficient (Wildman–Crippen LogP) is 2.28. The maximum Gasteiger partial charge on any atom is 0.279 e. The lowest BCUT2D eigenvalue weighted by molar-refractivity contribution is -0.127. The Morgan fingerprint density at radius 3 is 2.50 bits per heavy atom. The molecule has 0 radical (unpaired) electrons. The Morgan fingerprint density at radius 2 is 1.95 bits per heavy atom. The van der Waals surface area contributed by atoms with Gasteiger partial charge in [-0.1, -0.05) is 29.3 Å². The summed E-state index contributed by atoms with van der Waals surface area (Å²) in [6, 6.07) is 4.95. The molecule has 1 unspecified atom stereocenters. The Balaban J connectivity index is 2.56. The van der Waals surface area contributed by atoms with Gasteiger partial charge in [0, 0.05) is 6.54 Å². The van der Waals surface area contributed by atoms with Crippen molar-refractivity contribution >= 4 is 46.4 Å². The topological polar surface area (TPSA) is 62.4 Å². The van der Waals surface area contributed by atoms with E-state index in [1.54, 1.807) is 25.1 Å². The fourth-order valence-electron chi connectivity index (χ4n) is 1.25. The molecule has 0 aliphatic rings.